The van der Waals surface area contributed by atoms with Crippen LogP contribution in [0, 0.1) is 17.6 Å². The highest BCUT2D eigenvalue weighted by Crippen LogP contribution is 2.31. The van der Waals surface area contributed by atoms with Crippen LogP contribution in [-0.4, -0.2) is 23.9 Å². The minimum absolute atomic E-state index is 0.0361. The van der Waals surface area contributed by atoms with Gasteiger partial charge in [-0.15, -0.1) is 0 Å². The maximum absolute atomic E-state index is 13.6. The highest BCUT2D eigenvalue weighted by atomic mass is 19.1. The Kier molecular flexibility index (Phi) is 4.92. The van der Waals surface area contributed by atoms with E-state index in [1.807, 2.05) is 0 Å². The first-order valence-electron chi connectivity index (χ1n) is 8.33. The summed E-state index contributed by atoms with van der Waals surface area (Å²) in [4.78, 5) is 14.2. The molecule has 0 saturated carbocycles. The first kappa shape index (κ1) is 17.3. The van der Waals surface area contributed by atoms with Crippen molar-refractivity contribution >= 4 is 5.91 Å². The van der Waals surface area contributed by atoms with E-state index in [0.29, 0.717) is 24.1 Å². The number of ether oxygens (including phenoxy) is 1. The number of allylic oxidation sites excluding steroid dienone is 2. The third-order valence-corrected chi connectivity index (χ3v) is 4.61. The van der Waals surface area contributed by atoms with Crippen LogP contribution in [0.25, 0.3) is 0 Å². The second kappa shape index (κ2) is 7.13. The SMILES string of the molecule is NC1=C(/C=C(\N)Oc2c(F)cccc2F)CCCC1C(=O)N1CCC1. The smallest absolute Gasteiger partial charge is 0.231 e. The Morgan fingerprint density at radius 3 is 2.52 bits per heavy atom. The van der Waals surface area contributed by atoms with Crippen LogP contribution in [0.15, 0.2) is 41.4 Å². The third-order valence-electron chi connectivity index (χ3n) is 4.61. The van der Waals surface area contributed by atoms with Crippen LogP contribution in [0.5, 0.6) is 5.75 Å². The maximum atomic E-state index is 13.6. The fourth-order valence-electron chi connectivity index (χ4n) is 3.09. The largest absolute Gasteiger partial charge is 0.435 e. The van der Waals surface area contributed by atoms with Crippen molar-refractivity contribution in [3.05, 3.63) is 53.1 Å². The molecule has 134 valence electrons. The van der Waals surface area contributed by atoms with E-state index in [-0.39, 0.29) is 17.7 Å². The minimum atomic E-state index is -0.840. The van der Waals surface area contributed by atoms with Gasteiger partial charge in [-0.25, -0.2) is 8.78 Å². The van der Waals surface area contributed by atoms with E-state index < -0.39 is 17.4 Å². The number of nitrogens with zero attached hydrogens (tertiary/aromatic N) is 1. The van der Waals surface area contributed by atoms with Gasteiger partial charge >= 0.3 is 0 Å². The van der Waals surface area contributed by atoms with Gasteiger partial charge < -0.3 is 21.1 Å². The topological polar surface area (TPSA) is 81.6 Å². The minimum Gasteiger partial charge on any atom is -0.435 e. The molecule has 1 aliphatic carbocycles. The lowest BCUT2D eigenvalue weighted by Gasteiger charge is -2.36. The van der Waals surface area contributed by atoms with Gasteiger partial charge in [0.2, 0.25) is 11.7 Å². The number of likely N-dealkylation sites (tertiary alicyclic amines) is 1. The summed E-state index contributed by atoms with van der Waals surface area (Å²) >= 11 is 0. The van der Waals surface area contributed by atoms with Crippen molar-refractivity contribution < 1.29 is 18.3 Å². The second-order valence-electron chi connectivity index (χ2n) is 6.30. The van der Waals surface area contributed by atoms with Gasteiger partial charge in [-0.2, -0.15) is 0 Å². The summed E-state index contributed by atoms with van der Waals surface area (Å²) in [5.74, 6) is -2.73. The van der Waals surface area contributed by atoms with Crippen LogP contribution >= 0.6 is 0 Å². The standard InChI is InChI=1S/C18H21F2N3O2/c19-13-6-2-7-14(20)17(13)25-15(21)10-11-4-1-5-12(16(11)22)18(24)23-8-3-9-23/h2,6-7,10,12H,1,3-5,8-9,21-22H2/b15-10+. The lowest BCUT2D eigenvalue weighted by Crippen LogP contribution is -2.47. The average molecular weight is 349 g/mol. The monoisotopic (exact) mass is 349 g/mol. The van der Waals surface area contributed by atoms with Crippen molar-refractivity contribution in [3.8, 4) is 5.75 Å². The Balaban J connectivity index is 1.79. The Hall–Kier alpha value is -2.57. The normalized spacial score (nSPS) is 21.1. The fraction of sp³-hybridized carbons (Fsp3) is 0.389. The zero-order valence-corrected chi connectivity index (χ0v) is 13.8. The number of benzene rings is 1. The van der Waals surface area contributed by atoms with Gasteiger partial charge in [-0.05, 0) is 43.4 Å². The van der Waals surface area contributed by atoms with Crippen LogP contribution in [0.4, 0.5) is 8.78 Å². The van der Waals surface area contributed by atoms with E-state index in [1.165, 1.54) is 12.1 Å². The van der Waals surface area contributed by atoms with Gasteiger partial charge in [0, 0.05) is 24.9 Å². The lowest BCUT2D eigenvalue weighted by atomic mass is 9.85. The first-order valence-corrected chi connectivity index (χ1v) is 8.33. The van der Waals surface area contributed by atoms with Crippen LogP contribution in [-0.2, 0) is 4.79 Å². The molecule has 4 N–H and O–H groups in total. The van der Waals surface area contributed by atoms with Crippen molar-refractivity contribution in [1.82, 2.24) is 4.90 Å². The Morgan fingerprint density at radius 2 is 1.92 bits per heavy atom. The second-order valence-corrected chi connectivity index (χ2v) is 6.30. The summed E-state index contributed by atoms with van der Waals surface area (Å²) in [6.07, 6.45) is 4.60. The van der Waals surface area contributed by atoms with Crippen molar-refractivity contribution in [1.29, 1.82) is 0 Å². The van der Waals surface area contributed by atoms with E-state index >= 15 is 0 Å². The zero-order valence-electron chi connectivity index (χ0n) is 13.8. The van der Waals surface area contributed by atoms with Crippen LogP contribution in [0.1, 0.15) is 25.7 Å². The fourth-order valence-corrected chi connectivity index (χ4v) is 3.09. The Bertz CT molecular complexity index is 722. The molecule has 0 radical (unpaired) electrons. The molecule has 1 aromatic rings. The van der Waals surface area contributed by atoms with Gasteiger partial charge in [0.25, 0.3) is 0 Å². The van der Waals surface area contributed by atoms with E-state index in [1.54, 1.807) is 4.90 Å². The summed E-state index contributed by atoms with van der Waals surface area (Å²) in [5, 5.41) is 0. The van der Waals surface area contributed by atoms with Crippen LogP contribution in [0.3, 0.4) is 0 Å². The van der Waals surface area contributed by atoms with E-state index in [9.17, 15) is 13.6 Å². The van der Waals surface area contributed by atoms with Crippen LogP contribution in [0.2, 0.25) is 0 Å². The molecule has 1 fully saturated rings. The molecule has 1 saturated heterocycles. The number of para-hydroxylation sites is 1. The Morgan fingerprint density at radius 1 is 1.24 bits per heavy atom. The molecule has 1 aromatic carbocycles. The summed E-state index contributed by atoms with van der Waals surface area (Å²) in [5.41, 5.74) is 13.1. The predicted octanol–water partition coefficient (Wildman–Crippen LogP) is 2.39. The number of amides is 1. The summed E-state index contributed by atoms with van der Waals surface area (Å²) < 4.78 is 32.4. The number of carbonyl (C=O) groups is 1. The molecule has 1 amide bonds. The predicted molar refractivity (Wildman–Crippen MR) is 89.0 cm³/mol. The highest BCUT2D eigenvalue weighted by molar-refractivity contribution is 5.82. The third kappa shape index (κ3) is 3.60. The number of hydrogen-bond acceptors (Lipinski definition) is 4. The Labute approximate surface area is 144 Å². The summed E-state index contributed by atoms with van der Waals surface area (Å²) in [6, 6.07) is 3.41. The molecule has 1 aliphatic heterocycles. The quantitative estimate of drug-likeness (QED) is 0.818. The number of carbonyl (C=O) groups excluding carboxylic acids is 1. The molecule has 0 aromatic heterocycles. The molecule has 1 atom stereocenters. The van der Waals surface area contributed by atoms with Gasteiger partial charge in [0.1, 0.15) is 0 Å². The number of nitrogens with two attached hydrogens (primary N) is 2. The molecule has 0 bridgehead atoms. The molecule has 1 heterocycles. The van der Waals surface area contributed by atoms with E-state index in [0.717, 1.165) is 38.1 Å². The highest BCUT2D eigenvalue weighted by Gasteiger charge is 2.32. The van der Waals surface area contributed by atoms with Crippen molar-refractivity contribution in [2.75, 3.05) is 13.1 Å². The molecule has 0 spiro atoms. The van der Waals surface area contributed by atoms with Crippen molar-refractivity contribution in [2.24, 2.45) is 17.4 Å². The van der Waals surface area contributed by atoms with Crippen LogP contribution < -0.4 is 16.2 Å². The number of rotatable bonds is 4. The molecular formula is C18H21F2N3O2. The molecule has 25 heavy (non-hydrogen) atoms. The molecule has 1 unspecified atom stereocenters. The molecule has 3 rings (SSSR count). The van der Waals surface area contributed by atoms with E-state index in [4.69, 9.17) is 16.2 Å². The van der Waals surface area contributed by atoms with Crippen molar-refractivity contribution in [3.63, 3.8) is 0 Å². The lowest BCUT2D eigenvalue weighted by molar-refractivity contribution is -0.138. The van der Waals surface area contributed by atoms with Gasteiger partial charge in [-0.3, -0.25) is 4.79 Å². The van der Waals surface area contributed by atoms with E-state index in [2.05, 4.69) is 0 Å². The van der Waals surface area contributed by atoms with Gasteiger partial charge in [0.15, 0.2) is 17.5 Å². The maximum Gasteiger partial charge on any atom is 0.231 e. The average Bonchev–Trinajstić information content (AvgIpc) is 2.51. The summed E-state index contributed by atoms with van der Waals surface area (Å²) in [6.45, 7) is 1.54. The zero-order chi connectivity index (χ0) is 18.0. The molecular weight excluding hydrogens is 328 g/mol. The molecule has 5 nitrogen and oxygen atoms in total. The van der Waals surface area contributed by atoms with Gasteiger partial charge in [0.05, 0.1) is 5.92 Å². The summed E-state index contributed by atoms with van der Waals surface area (Å²) in [7, 11) is 0. The van der Waals surface area contributed by atoms with Crippen molar-refractivity contribution in [2.45, 2.75) is 25.7 Å². The van der Waals surface area contributed by atoms with Gasteiger partial charge in [-0.1, -0.05) is 6.07 Å². The first-order chi connectivity index (χ1) is 12.0. The number of hydrogen-bond donors (Lipinski definition) is 2. The molecule has 7 heteroatoms. The number of halogens is 2. The molecule has 2 aliphatic rings.